The van der Waals surface area contributed by atoms with Gasteiger partial charge in [-0.15, -0.1) is 0 Å². The van der Waals surface area contributed by atoms with E-state index < -0.39 is 15.9 Å². The lowest BCUT2D eigenvalue weighted by molar-refractivity contribution is 0.0981. The number of hydrogen-bond donors (Lipinski definition) is 2. The predicted octanol–water partition coefficient (Wildman–Crippen LogP) is 2.57. The monoisotopic (exact) mass is 378 g/mol. The largest absolute Gasteiger partial charge is 0.489 e. The summed E-state index contributed by atoms with van der Waals surface area (Å²) >= 11 is 0. The molecule has 0 aliphatic rings. The SMILES string of the molecule is CCNCC.CS(=O)(=O)NC(=O)c1ccc(OCc2ccccc2)cc1. The van der Waals surface area contributed by atoms with Crippen LogP contribution in [-0.4, -0.2) is 33.7 Å². The van der Waals surface area contributed by atoms with Gasteiger partial charge in [-0.2, -0.15) is 0 Å². The summed E-state index contributed by atoms with van der Waals surface area (Å²) in [6.45, 7) is 6.82. The van der Waals surface area contributed by atoms with Crippen molar-refractivity contribution in [2.24, 2.45) is 0 Å². The lowest BCUT2D eigenvalue weighted by Gasteiger charge is -2.07. The van der Waals surface area contributed by atoms with Crippen LogP contribution in [0.4, 0.5) is 0 Å². The highest BCUT2D eigenvalue weighted by molar-refractivity contribution is 7.89. The fraction of sp³-hybridized carbons (Fsp3) is 0.316. The van der Waals surface area contributed by atoms with Crippen LogP contribution in [0.3, 0.4) is 0 Å². The zero-order chi connectivity index (χ0) is 19.4. The molecule has 2 N–H and O–H groups in total. The first-order chi connectivity index (χ1) is 12.4. The van der Waals surface area contributed by atoms with E-state index in [1.165, 1.54) is 12.1 Å². The summed E-state index contributed by atoms with van der Waals surface area (Å²) in [5.41, 5.74) is 1.30. The van der Waals surface area contributed by atoms with Crippen LogP contribution >= 0.6 is 0 Å². The minimum Gasteiger partial charge on any atom is -0.489 e. The third kappa shape index (κ3) is 9.19. The van der Waals surface area contributed by atoms with E-state index in [0.29, 0.717) is 12.4 Å². The highest BCUT2D eigenvalue weighted by atomic mass is 32.2. The van der Waals surface area contributed by atoms with Gasteiger partial charge >= 0.3 is 0 Å². The van der Waals surface area contributed by atoms with E-state index in [4.69, 9.17) is 4.74 Å². The fourth-order valence-corrected chi connectivity index (χ4v) is 2.38. The molecular formula is C19H26N2O4S. The molecule has 26 heavy (non-hydrogen) atoms. The Hall–Kier alpha value is -2.38. The highest BCUT2D eigenvalue weighted by Gasteiger charge is 2.10. The molecule has 0 heterocycles. The minimum absolute atomic E-state index is 0.257. The summed E-state index contributed by atoms with van der Waals surface area (Å²) in [4.78, 5) is 11.6. The van der Waals surface area contributed by atoms with Gasteiger partial charge < -0.3 is 10.1 Å². The van der Waals surface area contributed by atoms with E-state index in [9.17, 15) is 13.2 Å². The molecule has 0 saturated heterocycles. The van der Waals surface area contributed by atoms with Crippen LogP contribution in [0.1, 0.15) is 29.8 Å². The lowest BCUT2D eigenvalue weighted by Crippen LogP contribution is -2.29. The number of carbonyl (C=O) groups is 1. The second-order valence-electron chi connectivity index (χ2n) is 5.46. The number of rotatable bonds is 7. The van der Waals surface area contributed by atoms with E-state index in [1.807, 2.05) is 35.1 Å². The van der Waals surface area contributed by atoms with Gasteiger partial charge in [0.25, 0.3) is 5.91 Å². The normalized spacial score (nSPS) is 10.4. The van der Waals surface area contributed by atoms with Crippen molar-refractivity contribution >= 4 is 15.9 Å². The molecule has 1 amide bonds. The quantitative estimate of drug-likeness (QED) is 0.774. The Kier molecular flexibility index (Phi) is 9.40. The van der Waals surface area contributed by atoms with Gasteiger partial charge in [-0.25, -0.2) is 13.1 Å². The molecule has 0 radical (unpaired) electrons. The van der Waals surface area contributed by atoms with E-state index in [0.717, 1.165) is 24.9 Å². The summed E-state index contributed by atoms with van der Waals surface area (Å²) < 4.78 is 29.5. The Balaban J connectivity index is 0.000000597. The third-order valence-electron chi connectivity index (χ3n) is 3.14. The molecule has 2 aromatic rings. The van der Waals surface area contributed by atoms with Crippen molar-refractivity contribution < 1.29 is 17.9 Å². The Morgan fingerprint density at radius 1 is 0.962 bits per heavy atom. The number of hydrogen-bond acceptors (Lipinski definition) is 5. The summed E-state index contributed by atoms with van der Waals surface area (Å²) in [6, 6.07) is 16.0. The van der Waals surface area contributed by atoms with E-state index in [-0.39, 0.29) is 5.56 Å². The summed E-state index contributed by atoms with van der Waals surface area (Å²) in [5, 5.41) is 3.11. The summed E-state index contributed by atoms with van der Waals surface area (Å²) in [7, 11) is -3.56. The zero-order valence-corrected chi connectivity index (χ0v) is 16.2. The van der Waals surface area contributed by atoms with Gasteiger partial charge in [0.2, 0.25) is 10.0 Å². The average Bonchev–Trinajstić information content (AvgIpc) is 2.61. The molecule has 0 aliphatic carbocycles. The van der Waals surface area contributed by atoms with Crippen LogP contribution in [-0.2, 0) is 16.6 Å². The number of sulfonamides is 1. The Morgan fingerprint density at radius 2 is 1.54 bits per heavy atom. The van der Waals surface area contributed by atoms with Crippen LogP contribution in [0.2, 0.25) is 0 Å². The standard InChI is InChI=1S/C15H15NO4S.C4H11N/c1-21(18,19)16-15(17)13-7-9-14(10-8-13)20-11-12-5-3-2-4-6-12;1-3-5-4-2/h2-10H,11H2,1H3,(H,16,17);5H,3-4H2,1-2H3. The maximum absolute atomic E-state index is 11.6. The van der Waals surface area contributed by atoms with Gasteiger partial charge in [0.05, 0.1) is 6.26 Å². The van der Waals surface area contributed by atoms with Crippen LogP contribution in [0.15, 0.2) is 54.6 Å². The molecule has 0 saturated carbocycles. The second-order valence-corrected chi connectivity index (χ2v) is 7.21. The van der Waals surface area contributed by atoms with Crippen LogP contribution in [0.5, 0.6) is 5.75 Å². The third-order valence-corrected chi connectivity index (χ3v) is 3.70. The topological polar surface area (TPSA) is 84.5 Å². The van der Waals surface area contributed by atoms with Gasteiger partial charge in [-0.05, 0) is 42.9 Å². The number of amides is 1. The highest BCUT2D eigenvalue weighted by Crippen LogP contribution is 2.14. The van der Waals surface area contributed by atoms with Crippen molar-refractivity contribution in [1.82, 2.24) is 10.0 Å². The van der Waals surface area contributed by atoms with E-state index in [1.54, 1.807) is 12.1 Å². The summed E-state index contributed by atoms with van der Waals surface area (Å²) in [5.74, 6) is -0.0538. The van der Waals surface area contributed by atoms with E-state index in [2.05, 4.69) is 19.2 Å². The zero-order valence-electron chi connectivity index (χ0n) is 15.4. The van der Waals surface area contributed by atoms with Crippen LogP contribution in [0.25, 0.3) is 0 Å². The molecule has 2 aromatic carbocycles. The molecule has 0 aliphatic heterocycles. The first-order valence-corrected chi connectivity index (χ1v) is 10.2. The second kappa shape index (κ2) is 11.3. The van der Waals surface area contributed by atoms with Gasteiger partial charge in [-0.1, -0.05) is 44.2 Å². The number of nitrogens with one attached hydrogen (secondary N) is 2. The Morgan fingerprint density at radius 3 is 2.00 bits per heavy atom. The smallest absolute Gasteiger partial charge is 0.264 e. The molecule has 0 bridgehead atoms. The van der Waals surface area contributed by atoms with Gasteiger partial charge in [0.1, 0.15) is 12.4 Å². The van der Waals surface area contributed by atoms with Crippen molar-refractivity contribution in [2.45, 2.75) is 20.5 Å². The van der Waals surface area contributed by atoms with Crippen molar-refractivity contribution in [3.05, 3.63) is 65.7 Å². The molecule has 2 rings (SSSR count). The Bertz CT molecular complexity index is 758. The van der Waals surface area contributed by atoms with Crippen molar-refractivity contribution in [3.63, 3.8) is 0 Å². The van der Waals surface area contributed by atoms with Crippen molar-refractivity contribution in [2.75, 3.05) is 19.3 Å². The molecule has 0 spiro atoms. The molecule has 0 atom stereocenters. The van der Waals surface area contributed by atoms with E-state index >= 15 is 0 Å². The van der Waals surface area contributed by atoms with Crippen molar-refractivity contribution in [1.29, 1.82) is 0 Å². The molecule has 0 unspecified atom stereocenters. The predicted molar refractivity (Wildman–Crippen MR) is 104 cm³/mol. The van der Waals surface area contributed by atoms with Gasteiger partial charge in [-0.3, -0.25) is 4.79 Å². The average molecular weight is 378 g/mol. The Labute approximate surface area is 155 Å². The maximum atomic E-state index is 11.6. The number of ether oxygens (including phenoxy) is 1. The molecule has 0 aromatic heterocycles. The molecule has 0 fully saturated rings. The molecule has 142 valence electrons. The van der Waals surface area contributed by atoms with Gasteiger partial charge in [0, 0.05) is 5.56 Å². The van der Waals surface area contributed by atoms with Crippen LogP contribution < -0.4 is 14.8 Å². The maximum Gasteiger partial charge on any atom is 0.264 e. The van der Waals surface area contributed by atoms with Crippen LogP contribution in [0, 0.1) is 0 Å². The molecular weight excluding hydrogens is 352 g/mol. The lowest BCUT2D eigenvalue weighted by atomic mass is 10.2. The number of benzene rings is 2. The minimum atomic E-state index is -3.56. The first-order valence-electron chi connectivity index (χ1n) is 8.35. The fourth-order valence-electron chi connectivity index (χ4n) is 1.92. The van der Waals surface area contributed by atoms with Gasteiger partial charge in [0.15, 0.2) is 0 Å². The van der Waals surface area contributed by atoms with Crippen molar-refractivity contribution in [3.8, 4) is 5.75 Å². The molecule has 6 nitrogen and oxygen atoms in total. The summed E-state index contributed by atoms with van der Waals surface area (Å²) in [6.07, 6.45) is 0.933. The number of carbonyl (C=O) groups excluding carboxylic acids is 1. The first kappa shape index (κ1) is 21.7. The molecule has 7 heteroatoms.